The van der Waals surface area contributed by atoms with E-state index in [0.717, 1.165) is 62.4 Å². The summed E-state index contributed by atoms with van der Waals surface area (Å²) in [6, 6.07) is 194. The minimum absolute atomic E-state index is 1.08. The van der Waals surface area contributed by atoms with Crippen LogP contribution in [0.1, 0.15) is 0 Å². The molecule has 4 aromatic heterocycles. The Hall–Kier alpha value is -18.4. The third kappa shape index (κ3) is 14.0. The van der Waals surface area contributed by atoms with Crippen LogP contribution in [0.15, 0.2) is 534 Å². The maximum Gasteiger partial charge on any atom is 0.0541 e. The van der Waals surface area contributed by atoms with Crippen molar-refractivity contribution in [3.8, 4) is 89.5 Å². The fraction of sp³-hybridized carbons (Fsp3) is 0. The standard InChI is InChI=1S/C68H45N3.C64H43N3/c1-2-17-51(18-3-1)70-66-28-13-10-24-62(66)63-45-50(35-43-68(63)70)57-42-44-67(59-21-7-6-20-58(57)59)69(53-40-33-49(34-41-53)56-25-14-16-48-15-4-5-19-55(48)56)52-36-29-46(30-37-52)47-31-38-54(39-32-47)71-64-26-11-8-22-60(64)61-23-9-12-27-65(61)71;1-2-15-50(16-3-1)66-63-24-11-8-20-59(63)60-43-49(33-42-64(60)66)46-29-36-52(37-30-46)65(53-40-31-48(32-41-53)56-21-12-14-47-13-4-5-17-55(47)56)51-34-25-44(26-35-51)45-27-38-54(39-28-45)67-61-22-9-6-18-57(61)58-19-7-10-23-62(58)67/h1-45H;1-43H. The molecule has 0 amide bonds. The molecule has 6 heteroatoms. The summed E-state index contributed by atoms with van der Waals surface area (Å²) in [6.07, 6.45) is 0. The molecular weight excluding hydrogens is 1670 g/mol. The molecule has 0 aliphatic carbocycles. The minimum atomic E-state index is 1.08. The van der Waals surface area contributed by atoms with E-state index in [0.29, 0.717) is 0 Å². The van der Waals surface area contributed by atoms with Crippen LogP contribution in [0.4, 0.5) is 34.1 Å². The Morgan fingerprint density at radius 3 is 0.732 bits per heavy atom. The topological polar surface area (TPSA) is 26.2 Å². The van der Waals surface area contributed by atoms with Crippen LogP contribution >= 0.6 is 0 Å². The van der Waals surface area contributed by atoms with Gasteiger partial charge >= 0.3 is 0 Å². The highest BCUT2D eigenvalue weighted by molar-refractivity contribution is 6.16. The molecule has 0 N–H and O–H groups in total. The summed E-state index contributed by atoms with van der Waals surface area (Å²) >= 11 is 0. The number of nitrogens with zero attached hydrogens (tertiary/aromatic N) is 6. The van der Waals surface area contributed by atoms with E-state index in [1.54, 1.807) is 0 Å². The molecule has 0 bridgehead atoms. The molecular formula is C132H88N6. The van der Waals surface area contributed by atoms with E-state index in [4.69, 9.17) is 0 Å². The normalized spacial score (nSPS) is 11.6. The van der Waals surface area contributed by atoms with E-state index in [1.807, 2.05) is 0 Å². The van der Waals surface area contributed by atoms with Crippen molar-refractivity contribution in [1.29, 1.82) is 0 Å². The van der Waals surface area contributed by atoms with Crippen molar-refractivity contribution in [3.63, 3.8) is 0 Å². The number of benzene rings is 23. The number of fused-ring (bicyclic) bond motifs is 15. The Kier molecular flexibility index (Phi) is 19.9. The van der Waals surface area contributed by atoms with Crippen LogP contribution < -0.4 is 9.80 Å². The van der Waals surface area contributed by atoms with E-state index < -0.39 is 0 Å². The molecule has 0 radical (unpaired) electrons. The first-order valence-electron chi connectivity index (χ1n) is 47.4. The lowest BCUT2D eigenvalue weighted by atomic mass is 9.95. The smallest absolute Gasteiger partial charge is 0.0541 e. The summed E-state index contributed by atoms with van der Waals surface area (Å²) in [6.45, 7) is 0. The summed E-state index contributed by atoms with van der Waals surface area (Å²) in [5, 5.41) is 17.4. The highest BCUT2D eigenvalue weighted by Crippen LogP contribution is 2.48. The summed E-state index contributed by atoms with van der Waals surface area (Å²) in [4.78, 5) is 4.79. The van der Waals surface area contributed by atoms with Gasteiger partial charge in [0.05, 0.1) is 49.8 Å². The van der Waals surface area contributed by atoms with Crippen LogP contribution in [0.5, 0.6) is 0 Å². The Morgan fingerprint density at radius 2 is 0.362 bits per heavy atom. The average molecular weight is 1760 g/mol. The van der Waals surface area contributed by atoms with E-state index in [-0.39, 0.29) is 0 Å². The second kappa shape index (κ2) is 34.0. The minimum Gasteiger partial charge on any atom is -0.311 e. The lowest BCUT2D eigenvalue weighted by Gasteiger charge is -2.28. The molecule has 6 nitrogen and oxygen atoms in total. The number of hydrogen-bond acceptors (Lipinski definition) is 2. The van der Waals surface area contributed by atoms with Crippen molar-refractivity contribution >= 4 is 154 Å². The Balaban J connectivity index is 0.000000143. The second-order valence-electron chi connectivity index (χ2n) is 35.8. The molecule has 646 valence electrons. The van der Waals surface area contributed by atoms with Crippen molar-refractivity contribution in [2.45, 2.75) is 0 Å². The van der Waals surface area contributed by atoms with Gasteiger partial charge in [-0.3, -0.25) is 0 Å². The highest BCUT2D eigenvalue weighted by Gasteiger charge is 2.24. The molecule has 0 aliphatic rings. The van der Waals surface area contributed by atoms with Crippen molar-refractivity contribution in [1.82, 2.24) is 18.3 Å². The highest BCUT2D eigenvalue weighted by atomic mass is 15.1. The first-order valence-corrected chi connectivity index (χ1v) is 47.4. The molecule has 0 saturated carbocycles. The van der Waals surface area contributed by atoms with E-state index in [2.05, 4.69) is 562 Å². The molecule has 27 aromatic rings. The molecule has 138 heavy (non-hydrogen) atoms. The van der Waals surface area contributed by atoms with Crippen LogP contribution in [0, 0.1) is 0 Å². The Morgan fingerprint density at radius 1 is 0.123 bits per heavy atom. The van der Waals surface area contributed by atoms with E-state index in [1.165, 1.54) is 181 Å². The number of hydrogen-bond donors (Lipinski definition) is 0. The van der Waals surface area contributed by atoms with Gasteiger partial charge in [-0.1, -0.05) is 358 Å². The van der Waals surface area contributed by atoms with Gasteiger partial charge in [0.15, 0.2) is 0 Å². The number of rotatable bonds is 16. The predicted molar refractivity (Wildman–Crippen MR) is 585 cm³/mol. The third-order valence-corrected chi connectivity index (χ3v) is 28.1. The maximum atomic E-state index is 2.42. The zero-order chi connectivity index (χ0) is 91.1. The molecule has 0 aliphatic heterocycles. The van der Waals surface area contributed by atoms with Gasteiger partial charge in [-0.15, -0.1) is 0 Å². The fourth-order valence-electron chi connectivity index (χ4n) is 21.6. The quantitative estimate of drug-likeness (QED) is 0.0964. The molecule has 23 aromatic carbocycles. The van der Waals surface area contributed by atoms with Gasteiger partial charge in [-0.05, 0) is 270 Å². The molecule has 0 unspecified atom stereocenters. The van der Waals surface area contributed by atoms with Crippen LogP contribution in [0.25, 0.3) is 209 Å². The van der Waals surface area contributed by atoms with Crippen LogP contribution in [-0.4, -0.2) is 18.3 Å². The van der Waals surface area contributed by atoms with Gasteiger partial charge in [-0.2, -0.15) is 0 Å². The molecule has 0 saturated heterocycles. The Bertz CT molecular complexity index is 9220. The molecule has 0 spiro atoms. The lowest BCUT2D eigenvalue weighted by Crippen LogP contribution is -2.10. The molecule has 4 heterocycles. The lowest BCUT2D eigenvalue weighted by molar-refractivity contribution is 1.18. The van der Waals surface area contributed by atoms with Gasteiger partial charge in [0, 0.05) is 99.7 Å². The zero-order valence-corrected chi connectivity index (χ0v) is 75.5. The maximum absolute atomic E-state index is 2.42. The van der Waals surface area contributed by atoms with Crippen molar-refractivity contribution in [2.75, 3.05) is 9.80 Å². The Labute approximate surface area is 799 Å². The number of anilines is 6. The van der Waals surface area contributed by atoms with Crippen molar-refractivity contribution < 1.29 is 0 Å². The number of aromatic nitrogens is 4. The summed E-state index contributed by atoms with van der Waals surface area (Å²) in [5.74, 6) is 0. The van der Waals surface area contributed by atoms with Crippen molar-refractivity contribution in [3.05, 3.63) is 534 Å². The zero-order valence-electron chi connectivity index (χ0n) is 75.5. The largest absolute Gasteiger partial charge is 0.311 e. The first kappa shape index (κ1) is 80.5. The SMILES string of the molecule is c1ccc(-n2c3ccccc3c3cc(-c4ccc(N(c5ccc(-c6ccc(-n7c8ccccc8c8ccccc87)cc6)cc5)c5ccc(-c6cccc7ccccc67)cc5)c5ccccc45)ccc32)cc1.c1ccc(-n2c3ccccc3c3cc(-c4ccc(N(c5ccc(-c6ccc(-n7c8ccccc8c8ccccc87)cc6)cc5)c5ccc(-c6cccc7ccccc67)cc5)cc4)ccc32)cc1. The monoisotopic (exact) mass is 1760 g/mol. The van der Waals surface area contributed by atoms with Gasteiger partial charge in [0.1, 0.15) is 0 Å². The van der Waals surface area contributed by atoms with Crippen LogP contribution in [0.3, 0.4) is 0 Å². The van der Waals surface area contributed by atoms with E-state index in [9.17, 15) is 0 Å². The number of para-hydroxylation sites is 8. The second-order valence-corrected chi connectivity index (χ2v) is 35.8. The predicted octanol–water partition coefficient (Wildman–Crippen LogP) is 36.2. The molecule has 27 rings (SSSR count). The molecule has 0 fully saturated rings. The van der Waals surface area contributed by atoms with E-state index >= 15 is 0 Å². The van der Waals surface area contributed by atoms with Crippen LogP contribution in [0.2, 0.25) is 0 Å². The summed E-state index contributed by atoms with van der Waals surface area (Å²) < 4.78 is 9.50. The van der Waals surface area contributed by atoms with Gasteiger partial charge < -0.3 is 28.1 Å². The third-order valence-electron chi connectivity index (χ3n) is 28.1. The van der Waals surface area contributed by atoms with Gasteiger partial charge in [-0.25, -0.2) is 0 Å². The van der Waals surface area contributed by atoms with Crippen molar-refractivity contribution in [2.24, 2.45) is 0 Å². The fourth-order valence-corrected chi connectivity index (χ4v) is 21.6. The van der Waals surface area contributed by atoms with Gasteiger partial charge in [0.2, 0.25) is 0 Å². The first-order chi connectivity index (χ1) is 68.5. The average Bonchev–Trinajstić information content (AvgIpc) is 1.49. The summed E-state index contributed by atoms with van der Waals surface area (Å²) in [7, 11) is 0. The molecule has 0 atom stereocenters. The van der Waals surface area contributed by atoms with Crippen LogP contribution in [-0.2, 0) is 0 Å². The summed E-state index contributed by atoms with van der Waals surface area (Å²) in [5.41, 5.74) is 35.1. The van der Waals surface area contributed by atoms with Gasteiger partial charge in [0.25, 0.3) is 0 Å².